The van der Waals surface area contributed by atoms with Crippen LogP contribution in [-0.2, 0) is 0 Å². The molecule has 0 aliphatic heterocycles. The first-order valence-corrected chi connectivity index (χ1v) is 4.41. The molecular weight excluding hydrogens is 176 g/mol. The van der Waals surface area contributed by atoms with E-state index in [4.69, 9.17) is 11.6 Å². The number of hydrogen-bond acceptors (Lipinski definition) is 2. The van der Waals surface area contributed by atoms with Gasteiger partial charge in [-0.25, -0.2) is 0 Å². The van der Waals surface area contributed by atoms with Crippen LogP contribution in [0.15, 0.2) is 23.3 Å². The number of guanidine groups is 1. The van der Waals surface area contributed by atoms with Crippen molar-refractivity contribution < 1.29 is 0 Å². The zero-order valence-corrected chi connectivity index (χ0v) is 8.78. The largest absolute Gasteiger partial charge is 0.368 e. The summed E-state index contributed by atoms with van der Waals surface area (Å²) < 4.78 is 0. The van der Waals surface area contributed by atoms with Crippen molar-refractivity contribution in [2.75, 3.05) is 11.9 Å². The van der Waals surface area contributed by atoms with Crippen LogP contribution >= 0.6 is 0 Å². The summed E-state index contributed by atoms with van der Waals surface area (Å²) >= 11 is 0. The molecule has 0 atom stereocenters. The van der Waals surface area contributed by atoms with Gasteiger partial charge in [0.25, 0.3) is 0 Å². The lowest BCUT2D eigenvalue weighted by Gasteiger charge is -2.21. The summed E-state index contributed by atoms with van der Waals surface area (Å²) in [6, 6.07) is 6.07. The molecule has 1 aromatic carbocycles. The van der Waals surface area contributed by atoms with Gasteiger partial charge in [-0.2, -0.15) is 0 Å². The fourth-order valence-electron chi connectivity index (χ4n) is 1.54. The van der Waals surface area contributed by atoms with E-state index in [-0.39, 0.29) is 0 Å². The predicted molar refractivity (Wildman–Crippen MR) is 60.1 cm³/mol. The molecule has 0 aliphatic carbocycles. The molecule has 1 rings (SSSR count). The third kappa shape index (κ3) is 1.79. The van der Waals surface area contributed by atoms with Crippen molar-refractivity contribution in [1.82, 2.24) is 0 Å². The molecule has 0 aliphatic rings. The number of nitrogens with zero attached hydrogens (tertiary/aromatic N) is 2. The first kappa shape index (κ1) is 10.4. The Labute approximate surface area is 84.2 Å². The van der Waals surface area contributed by atoms with E-state index in [2.05, 4.69) is 5.10 Å². The smallest absolute Gasteiger partial charge is 0.217 e. The third-order valence-electron chi connectivity index (χ3n) is 2.25. The van der Waals surface area contributed by atoms with Crippen molar-refractivity contribution in [3.8, 4) is 0 Å². The van der Waals surface area contributed by atoms with E-state index in [0.29, 0.717) is 5.96 Å². The van der Waals surface area contributed by atoms with Gasteiger partial charge in [-0.15, -0.1) is 5.10 Å². The molecule has 0 spiro atoms. The molecule has 0 bridgehead atoms. The molecule has 0 unspecified atom stereocenters. The minimum absolute atomic E-state index is 0.308. The zero-order chi connectivity index (χ0) is 10.7. The molecule has 0 aromatic heterocycles. The summed E-state index contributed by atoms with van der Waals surface area (Å²) in [5.41, 5.74) is 9.00. The van der Waals surface area contributed by atoms with Crippen LogP contribution in [0.2, 0.25) is 0 Å². The highest BCUT2D eigenvalue weighted by Crippen LogP contribution is 2.22. The van der Waals surface area contributed by atoms with Crippen molar-refractivity contribution in [2.45, 2.75) is 13.8 Å². The lowest BCUT2D eigenvalue weighted by atomic mass is 10.1. The molecule has 0 fully saturated rings. The molecule has 76 valence electrons. The Morgan fingerprint density at radius 3 is 2.21 bits per heavy atom. The Bertz CT molecular complexity index is 337. The van der Waals surface area contributed by atoms with Gasteiger partial charge in [-0.05, 0) is 25.0 Å². The van der Waals surface area contributed by atoms with E-state index in [1.54, 1.807) is 4.90 Å². The van der Waals surface area contributed by atoms with Crippen molar-refractivity contribution in [1.29, 1.82) is 0 Å². The lowest BCUT2D eigenvalue weighted by Crippen LogP contribution is -2.35. The van der Waals surface area contributed by atoms with Gasteiger partial charge in [0, 0.05) is 12.7 Å². The molecule has 1 aromatic rings. The number of hydrogen-bond donors (Lipinski definition) is 2. The topological polar surface area (TPSA) is 67.6 Å². The lowest BCUT2D eigenvalue weighted by molar-refractivity contribution is 1.12. The number of aryl methyl sites for hydroxylation is 2. The molecule has 14 heavy (non-hydrogen) atoms. The van der Waals surface area contributed by atoms with E-state index in [1.165, 1.54) is 0 Å². The zero-order valence-electron chi connectivity index (χ0n) is 8.78. The van der Waals surface area contributed by atoms with E-state index in [9.17, 15) is 0 Å². The second-order valence-corrected chi connectivity index (χ2v) is 3.29. The van der Waals surface area contributed by atoms with Crippen LogP contribution in [0.3, 0.4) is 0 Å². The summed E-state index contributed by atoms with van der Waals surface area (Å²) in [4.78, 5) is 1.78. The summed E-state index contributed by atoms with van der Waals surface area (Å²) in [6.07, 6.45) is 0. The van der Waals surface area contributed by atoms with Crippen molar-refractivity contribution in [2.24, 2.45) is 16.7 Å². The number of rotatable bonds is 1. The molecule has 0 saturated carbocycles. The molecule has 0 saturated heterocycles. The summed E-state index contributed by atoms with van der Waals surface area (Å²) in [6.45, 7) is 4.06. The normalized spacial score (nSPS) is 11.5. The number of benzene rings is 1. The van der Waals surface area contributed by atoms with Crippen LogP contribution in [0.5, 0.6) is 0 Å². The van der Waals surface area contributed by atoms with Gasteiger partial charge in [0.15, 0.2) is 0 Å². The van der Waals surface area contributed by atoms with Gasteiger partial charge in [0.2, 0.25) is 5.96 Å². The van der Waals surface area contributed by atoms with E-state index in [1.807, 2.05) is 39.1 Å². The summed E-state index contributed by atoms with van der Waals surface area (Å²) in [5.74, 6) is 5.44. The third-order valence-corrected chi connectivity index (χ3v) is 2.25. The quantitative estimate of drug-likeness (QED) is 0.301. The molecule has 0 amide bonds. The monoisotopic (exact) mass is 192 g/mol. The molecule has 0 heterocycles. The number of anilines is 1. The Morgan fingerprint density at radius 2 is 1.79 bits per heavy atom. The van der Waals surface area contributed by atoms with Crippen molar-refractivity contribution in [3.63, 3.8) is 0 Å². The van der Waals surface area contributed by atoms with Crippen LogP contribution < -0.4 is 16.5 Å². The van der Waals surface area contributed by atoms with Crippen molar-refractivity contribution >= 4 is 11.6 Å². The average Bonchev–Trinajstić information content (AvgIpc) is 2.16. The maximum absolute atomic E-state index is 5.64. The van der Waals surface area contributed by atoms with Gasteiger partial charge in [0.05, 0.1) is 0 Å². The number of para-hydroxylation sites is 1. The SMILES string of the molecule is Cc1cccc(C)c1N(C)/C(N)=N/N. The van der Waals surface area contributed by atoms with E-state index in [0.717, 1.165) is 16.8 Å². The highest BCUT2D eigenvalue weighted by Gasteiger charge is 2.09. The minimum Gasteiger partial charge on any atom is -0.368 e. The van der Waals surface area contributed by atoms with Gasteiger partial charge in [-0.3, -0.25) is 0 Å². The Morgan fingerprint density at radius 1 is 1.29 bits per heavy atom. The fraction of sp³-hybridized carbons (Fsp3) is 0.300. The Kier molecular flexibility index (Phi) is 2.96. The average molecular weight is 192 g/mol. The van der Waals surface area contributed by atoms with Crippen LogP contribution in [0, 0.1) is 13.8 Å². The molecule has 4 N–H and O–H groups in total. The second-order valence-electron chi connectivity index (χ2n) is 3.29. The minimum atomic E-state index is 0.308. The second kappa shape index (κ2) is 4.00. The van der Waals surface area contributed by atoms with Crippen LogP contribution in [0.1, 0.15) is 11.1 Å². The highest BCUT2D eigenvalue weighted by atomic mass is 15.3. The highest BCUT2D eigenvalue weighted by molar-refractivity contribution is 5.95. The summed E-state index contributed by atoms with van der Waals surface area (Å²) in [5, 5.41) is 3.47. The molecular formula is C10H16N4. The predicted octanol–water partition coefficient (Wildman–Crippen LogP) is 0.928. The van der Waals surface area contributed by atoms with Crippen molar-refractivity contribution in [3.05, 3.63) is 29.3 Å². The Balaban J connectivity index is 3.18. The van der Waals surface area contributed by atoms with Gasteiger partial charge in [-0.1, -0.05) is 18.2 Å². The van der Waals surface area contributed by atoms with Crippen LogP contribution in [0.4, 0.5) is 5.69 Å². The Hall–Kier alpha value is -1.71. The molecule has 4 heteroatoms. The summed E-state index contributed by atoms with van der Waals surface area (Å²) in [7, 11) is 1.85. The van der Waals surface area contributed by atoms with Gasteiger partial charge < -0.3 is 16.5 Å². The van der Waals surface area contributed by atoms with E-state index < -0.39 is 0 Å². The first-order valence-electron chi connectivity index (χ1n) is 4.41. The first-order chi connectivity index (χ1) is 6.57. The maximum atomic E-state index is 5.64. The van der Waals surface area contributed by atoms with Gasteiger partial charge in [0.1, 0.15) is 0 Å². The van der Waals surface area contributed by atoms with Gasteiger partial charge >= 0.3 is 0 Å². The maximum Gasteiger partial charge on any atom is 0.217 e. The fourth-order valence-corrected chi connectivity index (χ4v) is 1.54. The number of hydrazone groups is 1. The standard InChI is InChI=1S/C10H16N4/c1-7-5-4-6-8(2)9(7)14(3)10(11)13-12/h4-6H,12H2,1-3H3,(H2,11,13). The molecule has 4 nitrogen and oxygen atoms in total. The van der Waals surface area contributed by atoms with Crippen LogP contribution in [0.25, 0.3) is 0 Å². The number of nitrogens with two attached hydrogens (primary N) is 2. The van der Waals surface area contributed by atoms with E-state index >= 15 is 0 Å². The molecule has 0 radical (unpaired) electrons. The van der Waals surface area contributed by atoms with Crippen LogP contribution in [-0.4, -0.2) is 13.0 Å².